The Labute approximate surface area is 126 Å². The zero-order valence-electron chi connectivity index (χ0n) is 13.0. The van der Waals surface area contributed by atoms with E-state index in [4.69, 9.17) is 5.73 Å². The third kappa shape index (κ3) is 1.95. The van der Waals surface area contributed by atoms with Gasteiger partial charge in [0.05, 0.1) is 0 Å². The van der Waals surface area contributed by atoms with Crippen LogP contribution in [0.5, 0.6) is 0 Å². The summed E-state index contributed by atoms with van der Waals surface area (Å²) in [5.41, 5.74) is 12.1. The lowest BCUT2D eigenvalue weighted by molar-refractivity contribution is 0.110. The SMILES string of the molecule is CCCN1C[C@@H](N)C[C@@H]2c3cccc4[nH]c(C)c(c34)C[C@H]21. The lowest BCUT2D eigenvalue weighted by Crippen LogP contribution is -2.54. The monoisotopic (exact) mass is 283 g/mol. The number of fused-ring (bicyclic) bond motifs is 2. The number of aryl methyl sites for hydroxylation is 1. The first kappa shape index (κ1) is 13.4. The molecule has 3 atom stereocenters. The highest BCUT2D eigenvalue weighted by atomic mass is 15.2. The van der Waals surface area contributed by atoms with Crippen LogP contribution in [0.25, 0.3) is 10.9 Å². The van der Waals surface area contributed by atoms with Gasteiger partial charge in [0.2, 0.25) is 0 Å². The minimum Gasteiger partial charge on any atom is -0.358 e. The van der Waals surface area contributed by atoms with Crippen molar-refractivity contribution in [2.75, 3.05) is 13.1 Å². The van der Waals surface area contributed by atoms with E-state index in [0.29, 0.717) is 18.0 Å². The van der Waals surface area contributed by atoms with E-state index in [0.717, 1.165) is 13.0 Å². The van der Waals surface area contributed by atoms with Crippen LogP contribution in [0, 0.1) is 6.92 Å². The van der Waals surface area contributed by atoms with E-state index in [1.165, 1.54) is 41.5 Å². The number of H-pyrrole nitrogens is 1. The van der Waals surface area contributed by atoms with Crippen molar-refractivity contribution in [1.29, 1.82) is 0 Å². The van der Waals surface area contributed by atoms with Gasteiger partial charge in [-0.1, -0.05) is 19.1 Å². The molecule has 0 unspecified atom stereocenters. The second-order valence-electron chi connectivity index (χ2n) is 6.87. The fraction of sp³-hybridized carbons (Fsp3) is 0.556. The van der Waals surface area contributed by atoms with Gasteiger partial charge in [-0.2, -0.15) is 0 Å². The first-order valence-electron chi connectivity index (χ1n) is 8.28. The van der Waals surface area contributed by atoms with Crippen LogP contribution < -0.4 is 5.73 Å². The summed E-state index contributed by atoms with van der Waals surface area (Å²) in [6.45, 7) is 6.72. The number of likely N-dealkylation sites (tertiary alicyclic amines) is 1. The van der Waals surface area contributed by atoms with E-state index in [2.05, 4.69) is 41.9 Å². The maximum absolute atomic E-state index is 6.37. The number of nitrogens with two attached hydrogens (primary N) is 1. The van der Waals surface area contributed by atoms with Crippen LogP contribution in [-0.2, 0) is 6.42 Å². The molecule has 0 saturated carbocycles. The summed E-state index contributed by atoms with van der Waals surface area (Å²) >= 11 is 0. The third-order valence-corrected chi connectivity index (χ3v) is 5.46. The molecule has 0 amide bonds. The van der Waals surface area contributed by atoms with Crippen LogP contribution >= 0.6 is 0 Å². The van der Waals surface area contributed by atoms with Gasteiger partial charge in [0.1, 0.15) is 0 Å². The Kier molecular flexibility index (Phi) is 3.09. The van der Waals surface area contributed by atoms with E-state index in [-0.39, 0.29) is 0 Å². The fourth-order valence-corrected chi connectivity index (χ4v) is 4.65. The molecule has 0 bridgehead atoms. The van der Waals surface area contributed by atoms with E-state index < -0.39 is 0 Å². The normalized spacial score (nSPS) is 28.8. The number of hydrogen-bond acceptors (Lipinski definition) is 2. The zero-order valence-corrected chi connectivity index (χ0v) is 13.0. The summed E-state index contributed by atoms with van der Waals surface area (Å²) in [6.07, 6.45) is 3.52. The summed E-state index contributed by atoms with van der Waals surface area (Å²) in [7, 11) is 0. The number of aromatic amines is 1. The number of hydrogen-bond donors (Lipinski definition) is 2. The lowest BCUT2D eigenvalue weighted by atomic mass is 9.73. The van der Waals surface area contributed by atoms with Gasteiger partial charge in [-0.3, -0.25) is 4.90 Å². The second kappa shape index (κ2) is 4.85. The van der Waals surface area contributed by atoms with Gasteiger partial charge in [0, 0.05) is 41.1 Å². The standard InChI is InChI=1S/C18H25N3/c1-3-7-21-10-12(19)8-15-13-5-4-6-16-18(13)14(9-17(15)21)11(2)20-16/h4-6,12,15,17,20H,3,7-10,19H2,1-2H3/t12-,15+,17+/m0/s1. The van der Waals surface area contributed by atoms with Gasteiger partial charge >= 0.3 is 0 Å². The molecule has 4 rings (SSSR count). The molecule has 2 heterocycles. The smallest absolute Gasteiger partial charge is 0.0461 e. The maximum atomic E-state index is 6.37. The number of aromatic nitrogens is 1. The third-order valence-electron chi connectivity index (χ3n) is 5.46. The van der Waals surface area contributed by atoms with Crippen LogP contribution in [0.2, 0.25) is 0 Å². The van der Waals surface area contributed by atoms with Gasteiger partial charge in [-0.15, -0.1) is 0 Å². The quantitative estimate of drug-likeness (QED) is 0.890. The van der Waals surface area contributed by atoms with Crippen LogP contribution in [0.15, 0.2) is 18.2 Å². The van der Waals surface area contributed by atoms with Gasteiger partial charge in [-0.05, 0) is 49.9 Å². The minimum atomic E-state index is 0.314. The Hall–Kier alpha value is -1.32. The Balaban J connectivity index is 1.85. The Bertz CT molecular complexity index is 672. The molecular formula is C18H25N3. The molecule has 1 aliphatic carbocycles. The van der Waals surface area contributed by atoms with Crippen molar-refractivity contribution in [2.45, 2.75) is 51.1 Å². The number of nitrogens with one attached hydrogen (secondary N) is 1. The average molecular weight is 283 g/mol. The minimum absolute atomic E-state index is 0.314. The van der Waals surface area contributed by atoms with Crippen molar-refractivity contribution in [3.63, 3.8) is 0 Å². The first-order chi connectivity index (χ1) is 10.2. The van der Waals surface area contributed by atoms with Crippen molar-refractivity contribution in [1.82, 2.24) is 9.88 Å². The predicted octanol–water partition coefficient (Wildman–Crippen LogP) is 2.93. The number of benzene rings is 1. The van der Waals surface area contributed by atoms with Gasteiger partial charge < -0.3 is 10.7 Å². The molecule has 1 aromatic carbocycles. The average Bonchev–Trinajstić information content (AvgIpc) is 2.78. The highest BCUT2D eigenvalue weighted by molar-refractivity contribution is 5.89. The lowest BCUT2D eigenvalue weighted by Gasteiger charge is -2.46. The maximum Gasteiger partial charge on any atom is 0.0461 e. The molecule has 3 heteroatoms. The fourth-order valence-electron chi connectivity index (χ4n) is 4.65. The molecule has 2 aliphatic rings. The molecule has 2 aromatic rings. The molecule has 1 aromatic heterocycles. The number of nitrogens with zero attached hydrogens (tertiary/aromatic N) is 1. The highest BCUT2D eigenvalue weighted by Gasteiger charge is 2.39. The van der Waals surface area contributed by atoms with E-state index in [1.807, 2.05) is 0 Å². The molecular weight excluding hydrogens is 258 g/mol. The summed E-state index contributed by atoms with van der Waals surface area (Å²) in [6, 6.07) is 7.69. The molecule has 21 heavy (non-hydrogen) atoms. The molecule has 3 N–H and O–H groups in total. The second-order valence-corrected chi connectivity index (χ2v) is 6.87. The van der Waals surface area contributed by atoms with E-state index in [1.54, 1.807) is 5.56 Å². The molecule has 0 radical (unpaired) electrons. The van der Waals surface area contributed by atoms with Crippen molar-refractivity contribution in [2.24, 2.45) is 5.73 Å². The summed E-state index contributed by atoms with van der Waals surface area (Å²) in [4.78, 5) is 6.22. The highest BCUT2D eigenvalue weighted by Crippen LogP contribution is 2.44. The van der Waals surface area contributed by atoms with Crippen molar-refractivity contribution >= 4 is 10.9 Å². The summed E-state index contributed by atoms with van der Waals surface area (Å²) in [5.74, 6) is 0.603. The first-order valence-corrected chi connectivity index (χ1v) is 8.28. The van der Waals surface area contributed by atoms with Crippen molar-refractivity contribution in [3.05, 3.63) is 35.0 Å². The largest absolute Gasteiger partial charge is 0.358 e. The molecule has 1 fully saturated rings. The van der Waals surface area contributed by atoms with Crippen LogP contribution in [-0.4, -0.2) is 35.1 Å². The van der Waals surface area contributed by atoms with Crippen molar-refractivity contribution in [3.8, 4) is 0 Å². The van der Waals surface area contributed by atoms with Crippen LogP contribution in [0.1, 0.15) is 42.5 Å². The molecule has 3 nitrogen and oxygen atoms in total. The predicted molar refractivity (Wildman–Crippen MR) is 87.7 cm³/mol. The molecule has 1 saturated heterocycles. The van der Waals surface area contributed by atoms with Gasteiger partial charge in [0.25, 0.3) is 0 Å². The van der Waals surface area contributed by atoms with Gasteiger partial charge in [-0.25, -0.2) is 0 Å². The number of piperidine rings is 1. The van der Waals surface area contributed by atoms with E-state index in [9.17, 15) is 0 Å². The Morgan fingerprint density at radius 2 is 2.24 bits per heavy atom. The van der Waals surface area contributed by atoms with Crippen LogP contribution in [0.3, 0.4) is 0 Å². The Morgan fingerprint density at radius 3 is 3.05 bits per heavy atom. The zero-order chi connectivity index (χ0) is 14.6. The molecule has 1 aliphatic heterocycles. The summed E-state index contributed by atoms with van der Waals surface area (Å²) < 4.78 is 0. The van der Waals surface area contributed by atoms with Gasteiger partial charge in [0.15, 0.2) is 0 Å². The molecule has 0 spiro atoms. The Morgan fingerprint density at radius 1 is 1.38 bits per heavy atom. The summed E-state index contributed by atoms with van der Waals surface area (Å²) in [5, 5.41) is 1.49. The number of rotatable bonds is 2. The van der Waals surface area contributed by atoms with E-state index >= 15 is 0 Å². The molecule has 112 valence electrons. The van der Waals surface area contributed by atoms with Crippen molar-refractivity contribution < 1.29 is 0 Å². The topological polar surface area (TPSA) is 45.0 Å². The van der Waals surface area contributed by atoms with Crippen LogP contribution in [0.4, 0.5) is 0 Å².